The lowest BCUT2D eigenvalue weighted by Crippen LogP contribution is -2.23. The third-order valence-corrected chi connectivity index (χ3v) is 3.90. The molecule has 2 rings (SSSR count). The van der Waals surface area contributed by atoms with Crippen LogP contribution in [0.1, 0.15) is 43.4 Å². The Labute approximate surface area is 131 Å². The Kier molecular flexibility index (Phi) is 4.55. The zero-order chi connectivity index (χ0) is 16.3. The Balaban J connectivity index is 2.21. The van der Waals surface area contributed by atoms with Gasteiger partial charge in [0.1, 0.15) is 5.75 Å². The second kappa shape index (κ2) is 6.22. The van der Waals surface area contributed by atoms with E-state index >= 15 is 0 Å². The highest BCUT2D eigenvalue weighted by Gasteiger charge is 2.19. The standard InChI is InChI=1S/C19H23NO2/c1-19(2,3)15-8-4-13(5-9-15)12-17(18(20)22)14-6-10-16(21)11-7-14/h4-11,17,21H,12H2,1-3H3,(H2,20,22). The number of amides is 1. The minimum absolute atomic E-state index is 0.110. The van der Waals surface area contributed by atoms with Crippen LogP contribution in [0.4, 0.5) is 0 Å². The summed E-state index contributed by atoms with van der Waals surface area (Å²) < 4.78 is 0. The van der Waals surface area contributed by atoms with E-state index in [1.54, 1.807) is 24.3 Å². The number of nitrogens with two attached hydrogens (primary N) is 1. The first-order chi connectivity index (χ1) is 10.3. The maximum atomic E-state index is 11.8. The summed E-state index contributed by atoms with van der Waals surface area (Å²) in [5.74, 6) is -0.562. The number of carbonyl (C=O) groups excluding carboxylic acids is 1. The fraction of sp³-hybridized carbons (Fsp3) is 0.316. The molecule has 2 aromatic carbocycles. The molecule has 0 heterocycles. The third kappa shape index (κ3) is 3.88. The van der Waals surface area contributed by atoms with Gasteiger partial charge in [-0.1, -0.05) is 57.2 Å². The number of rotatable bonds is 4. The SMILES string of the molecule is CC(C)(C)c1ccc(CC(C(N)=O)c2ccc(O)cc2)cc1. The van der Waals surface area contributed by atoms with Gasteiger partial charge in [0.2, 0.25) is 5.91 Å². The Morgan fingerprint density at radius 2 is 1.59 bits per heavy atom. The van der Waals surface area contributed by atoms with Crippen molar-refractivity contribution in [1.82, 2.24) is 0 Å². The van der Waals surface area contributed by atoms with Crippen molar-refractivity contribution in [2.45, 2.75) is 38.5 Å². The topological polar surface area (TPSA) is 63.3 Å². The zero-order valence-corrected chi connectivity index (χ0v) is 13.3. The molecule has 0 aliphatic heterocycles. The van der Waals surface area contributed by atoms with Gasteiger partial charge in [0.15, 0.2) is 0 Å². The van der Waals surface area contributed by atoms with Gasteiger partial charge in [0.25, 0.3) is 0 Å². The normalized spacial score (nSPS) is 12.9. The largest absolute Gasteiger partial charge is 0.508 e. The van der Waals surface area contributed by atoms with Gasteiger partial charge in [-0.15, -0.1) is 0 Å². The van der Waals surface area contributed by atoms with Crippen LogP contribution in [0.2, 0.25) is 0 Å². The first-order valence-electron chi connectivity index (χ1n) is 7.45. The van der Waals surface area contributed by atoms with E-state index in [1.165, 1.54) is 5.56 Å². The molecule has 0 fully saturated rings. The van der Waals surface area contributed by atoms with Crippen LogP contribution in [0.15, 0.2) is 48.5 Å². The number of carbonyl (C=O) groups is 1. The molecule has 116 valence electrons. The van der Waals surface area contributed by atoms with Gasteiger partial charge in [-0.2, -0.15) is 0 Å². The summed E-state index contributed by atoms with van der Waals surface area (Å²) >= 11 is 0. The van der Waals surface area contributed by atoms with Crippen molar-refractivity contribution < 1.29 is 9.90 Å². The highest BCUT2D eigenvalue weighted by atomic mass is 16.3. The van der Waals surface area contributed by atoms with Gasteiger partial charge < -0.3 is 10.8 Å². The smallest absolute Gasteiger partial charge is 0.225 e. The van der Waals surface area contributed by atoms with Crippen LogP contribution in [-0.4, -0.2) is 11.0 Å². The van der Waals surface area contributed by atoms with E-state index in [0.29, 0.717) is 6.42 Å². The van der Waals surface area contributed by atoms with E-state index in [2.05, 4.69) is 45.0 Å². The van der Waals surface area contributed by atoms with Gasteiger partial charge >= 0.3 is 0 Å². The predicted molar refractivity (Wildman–Crippen MR) is 88.9 cm³/mol. The Morgan fingerprint density at radius 3 is 2.05 bits per heavy atom. The second-order valence-electron chi connectivity index (χ2n) is 6.70. The van der Waals surface area contributed by atoms with Crippen molar-refractivity contribution in [2.75, 3.05) is 0 Å². The summed E-state index contributed by atoms with van der Waals surface area (Å²) in [6.45, 7) is 6.51. The number of aromatic hydroxyl groups is 1. The van der Waals surface area contributed by atoms with Crippen molar-refractivity contribution in [3.05, 3.63) is 65.2 Å². The van der Waals surface area contributed by atoms with Gasteiger partial charge in [-0.05, 0) is 40.7 Å². The summed E-state index contributed by atoms with van der Waals surface area (Å²) in [6, 6.07) is 15.0. The highest BCUT2D eigenvalue weighted by Crippen LogP contribution is 2.26. The molecule has 1 atom stereocenters. The molecule has 3 nitrogen and oxygen atoms in total. The van der Waals surface area contributed by atoms with Crippen LogP contribution in [0.5, 0.6) is 5.75 Å². The molecule has 0 aliphatic rings. The molecule has 0 radical (unpaired) electrons. The molecular weight excluding hydrogens is 274 g/mol. The number of phenolic OH excluding ortho intramolecular Hbond substituents is 1. The molecule has 22 heavy (non-hydrogen) atoms. The number of phenols is 1. The molecule has 0 spiro atoms. The van der Waals surface area contributed by atoms with Crippen LogP contribution in [-0.2, 0) is 16.6 Å². The van der Waals surface area contributed by atoms with Crippen LogP contribution < -0.4 is 5.73 Å². The van der Waals surface area contributed by atoms with Crippen LogP contribution in [0.25, 0.3) is 0 Å². The molecule has 2 aromatic rings. The third-order valence-electron chi connectivity index (χ3n) is 3.90. The summed E-state index contributed by atoms with van der Waals surface area (Å²) in [7, 11) is 0. The Hall–Kier alpha value is -2.29. The average molecular weight is 297 g/mol. The molecule has 1 unspecified atom stereocenters. The molecule has 3 N–H and O–H groups in total. The Bertz CT molecular complexity index is 637. The van der Waals surface area contributed by atoms with Crippen molar-refractivity contribution >= 4 is 5.91 Å². The van der Waals surface area contributed by atoms with Crippen molar-refractivity contribution in [3.63, 3.8) is 0 Å². The van der Waals surface area contributed by atoms with Gasteiger partial charge in [-0.25, -0.2) is 0 Å². The molecule has 0 aromatic heterocycles. The molecule has 3 heteroatoms. The molecule has 0 bridgehead atoms. The predicted octanol–water partition coefficient (Wildman–Crippen LogP) is 3.50. The monoisotopic (exact) mass is 297 g/mol. The van der Waals surface area contributed by atoms with Gasteiger partial charge in [-0.3, -0.25) is 4.79 Å². The van der Waals surface area contributed by atoms with Crippen LogP contribution in [0, 0.1) is 0 Å². The van der Waals surface area contributed by atoms with Crippen molar-refractivity contribution in [2.24, 2.45) is 5.73 Å². The maximum Gasteiger partial charge on any atom is 0.225 e. The first kappa shape index (κ1) is 16.1. The summed E-state index contributed by atoms with van der Waals surface area (Å²) in [4.78, 5) is 11.8. The van der Waals surface area contributed by atoms with Crippen molar-refractivity contribution in [1.29, 1.82) is 0 Å². The van der Waals surface area contributed by atoms with Crippen LogP contribution >= 0.6 is 0 Å². The van der Waals surface area contributed by atoms with E-state index in [1.807, 2.05) is 0 Å². The minimum Gasteiger partial charge on any atom is -0.508 e. The van der Waals surface area contributed by atoms with E-state index in [0.717, 1.165) is 11.1 Å². The molecule has 0 saturated heterocycles. The molecular formula is C19H23NO2. The lowest BCUT2D eigenvalue weighted by Gasteiger charge is -2.20. The lowest BCUT2D eigenvalue weighted by atomic mass is 9.85. The fourth-order valence-corrected chi connectivity index (χ4v) is 2.47. The summed E-state index contributed by atoms with van der Waals surface area (Å²) in [6.07, 6.45) is 0.560. The molecule has 0 saturated carbocycles. The zero-order valence-electron chi connectivity index (χ0n) is 13.3. The van der Waals surface area contributed by atoms with E-state index in [4.69, 9.17) is 5.73 Å². The highest BCUT2D eigenvalue weighted by molar-refractivity contribution is 5.82. The minimum atomic E-state index is -0.388. The van der Waals surface area contributed by atoms with Gasteiger partial charge in [0, 0.05) is 0 Å². The number of hydrogen-bond donors (Lipinski definition) is 2. The lowest BCUT2D eigenvalue weighted by molar-refractivity contribution is -0.119. The molecule has 0 aliphatic carbocycles. The number of hydrogen-bond acceptors (Lipinski definition) is 2. The number of primary amides is 1. The maximum absolute atomic E-state index is 11.8. The quantitative estimate of drug-likeness (QED) is 0.907. The average Bonchev–Trinajstić information content (AvgIpc) is 2.45. The summed E-state index contributed by atoms with van der Waals surface area (Å²) in [5, 5.41) is 9.36. The summed E-state index contributed by atoms with van der Waals surface area (Å²) in [5.41, 5.74) is 8.82. The van der Waals surface area contributed by atoms with E-state index < -0.39 is 0 Å². The fourth-order valence-electron chi connectivity index (χ4n) is 2.47. The first-order valence-corrected chi connectivity index (χ1v) is 7.45. The van der Waals surface area contributed by atoms with E-state index in [-0.39, 0.29) is 23.0 Å². The van der Waals surface area contributed by atoms with Crippen LogP contribution in [0.3, 0.4) is 0 Å². The van der Waals surface area contributed by atoms with Gasteiger partial charge in [0.05, 0.1) is 5.92 Å². The Morgan fingerprint density at radius 1 is 1.05 bits per heavy atom. The number of benzene rings is 2. The molecule has 1 amide bonds. The van der Waals surface area contributed by atoms with Crippen molar-refractivity contribution in [3.8, 4) is 5.75 Å². The van der Waals surface area contributed by atoms with E-state index in [9.17, 15) is 9.90 Å². The second-order valence-corrected chi connectivity index (χ2v) is 6.70.